The highest BCUT2D eigenvalue weighted by Gasteiger charge is 2.21. The van der Waals surface area contributed by atoms with E-state index < -0.39 is 0 Å². The molecule has 0 aliphatic heterocycles. The van der Waals surface area contributed by atoms with Crippen molar-refractivity contribution in [1.82, 2.24) is 14.8 Å². The van der Waals surface area contributed by atoms with Gasteiger partial charge in [0.15, 0.2) is 5.13 Å². The van der Waals surface area contributed by atoms with E-state index in [2.05, 4.69) is 15.4 Å². The molecule has 124 valence electrons. The second kappa shape index (κ2) is 6.70. The number of aryl methyl sites for hydroxylation is 2. The molecule has 0 aliphatic carbocycles. The van der Waals surface area contributed by atoms with E-state index in [9.17, 15) is 9.18 Å². The molecule has 2 aromatic heterocycles. The van der Waals surface area contributed by atoms with Gasteiger partial charge in [-0.3, -0.25) is 10.1 Å². The number of carbonyl (C=O) groups is 1. The maximum Gasteiger partial charge on any atom is 0.262 e. The van der Waals surface area contributed by atoms with Crippen LogP contribution in [0.4, 0.5) is 9.52 Å². The summed E-state index contributed by atoms with van der Waals surface area (Å²) >= 11 is 7.71. The van der Waals surface area contributed by atoms with Crippen LogP contribution in [0.25, 0.3) is 0 Å². The van der Waals surface area contributed by atoms with Crippen LogP contribution in [0.2, 0.25) is 5.15 Å². The average molecular weight is 365 g/mol. The van der Waals surface area contributed by atoms with Gasteiger partial charge in [-0.1, -0.05) is 23.7 Å². The van der Waals surface area contributed by atoms with Crippen molar-refractivity contribution < 1.29 is 9.18 Å². The normalized spacial score (nSPS) is 10.8. The zero-order chi connectivity index (χ0) is 17.3. The first-order valence-electron chi connectivity index (χ1n) is 7.15. The van der Waals surface area contributed by atoms with Crippen LogP contribution in [0, 0.1) is 19.7 Å². The molecule has 1 amide bonds. The lowest BCUT2D eigenvalue weighted by Crippen LogP contribution is -2.13. The summed E-state index contributed by atoms with van der Waals surface area (Å²) < 4.78 is 14.5. The van der Waals surface area contributed by atoms with Crippen LogP contribution in [0.1, 0.15) is 26.5 Å². The van der Waals surface area contributed by atoms with Gasteiger partial charge in [-0.15, -0.1) is 11.3 Å². The maximum absolute atomic E-state index is 13.0. The Kier molecular flexibility index (Phi) is 4.64. The van der Waals surface area contributed by atoms with Crippen LogP contribution in [0.3, 0.4) is 0 Å². The Morgan fingerprint density at radius 3 is 2.67 bits per heavy atom. The van der Waals surface area contributed by atoms with Crippen LogP contribution in [-0.4, -0.2) is 20.7 Å². The third-order valence-electron chi connectivity index (χ3n) is 3.38. The summed E-state index contributed by atoms with van der Waals surface area (Å²) in [4.78, 5) is 17.5. The molecule has 3 rings (SSSR count). The topological polar surface area (TPSA) is 59.8 Å². The van der Waals surface area contributed by atoms with E-state index in [-0.39, 0.29) is 16.9 Å². The molecule has 0 bridgehead atoms. The molecule has 0 unspecified atom stereocenters. The predicted molar refractivity (Wildman–Crippen MR) is 92.3 cm³/mol. The zero-order valence-electron chi connectivity index (χ0n) is 13.0. The lowest BCUT2D eigenvalue weighted by molar-refractivity contribution is 0.102. The summed E-state index contributed by atoms with van der Waals surface area (Å²) in [5, 5.41) is 7.79. The molecule has 8 heteroatoms. The van der Waals surface area contributed by atoms with Crippen LogP contribution >= 0.6 is 22.9 Å². The number of aromatic nitrogens is 3. The first-order valence-corrected chi connectivity index (χ1v) is 8.34. The first kappa shape index (κ1) is 16.6. The van der Waals surface area contributed by atoms with E-state index in [0.29, 0.717) is 22.9 Å². The smallest absolute Gasteiger partial charge is 0.262 e. The van der Waals surface area contributed by atoms with E-state index in [1.165, 1.54) is 28.2 Å². The fraction of sp³-hybridized carbons (Fsp3) is 0.188. The van der Waals surface area contributed by atoms with E-state index in [4.69, 9.17) is 11.6 Å². The van der Waals surface area contributed by atoms with Gasteiger partial charge in [-0.05, 0) is 31.5 Å². The van der Waals surface area contributed by atoms with Crippen LogP contribution < -0.4 is 5.32 Å². The second-order valence-electron chi connectivity index (χ2n) is 5.27. The van der Waals surface area contributed by atoms with Gasteiger partial charge in [0, 0.05) is 11.1 Å². The molecule has 0 fully saturated rings. The van der Waals surface area contributed by atoms with Gasteiger partial charge in [0.05, 0.1) is 17.8 Å². The van der Waals surface area contributed by atoms with Gasteiger partial charge in [-0.2, -0.15) is 5.10 Å². The van der Waals surface area contributed by atoms with Crippen LogP contribution in [-0.2, 0) is 6.54 Å². The molecule has 1 N–H and O–H groups in total. The summed E-state index contributed by atoms with van der Waals surface area (Å²) in [6.45, 7) is 3.98. The van der Waals surface area contributed by atoms with E-state index >= 15 is 0 Å². The van der Waals surface area contributed by atoms with Gasteiger partial charge in [0.1, 0.15) is 11.0 Å². The summed E-state index contributed by atoms with van der Waals surface area (Å²) in [5.41, 5.74) is 1.67. The highest BCUT2D eigenvalue weighted by molar-refractivity contribution is 7.15. The van der Waals surface area contributed by atoms with Gasteiger partial charge in [0.25, 0.3) is 5.91 Å². The molecule has 3 aromatic rings. The minimum Gasteiger partial charge on any atom is -0.298 e. The number of rotatable bonds is 4. The number of anilines is 1. The fourth-order valence-corrected chi connectivity index (χ4v) is 3.23. The molecule has 0 spiro atoms. The Morgan fingerprint density at radius 2 is 2.04 bits per heavy atom. The maximum atomic E-state index is 13.0. The highest BCUT2D eigenvalue weighted by Crippen LogP contribution is 2.24. The van der Waals surface area contributed by atoms with Crippen molar-refractivity contribution in [1.29, 1.82) is 0 Å². The lowest BCUT2D eigenvalue weighted by atomic mass is 10.2. The Bertz CT molecular complexity index is 888. The standard InChI is InChI=1S/C16H14ClFN4OS/c1-9-7-19-16(24-9)20-15(23)13-10(2)21-22(14(13)17)8-11-3-5-12(18)6-4-11/h3-7H,8H2,1-2H3,(H,19,20,23). The molecule has 0 aliphatic rings. The average Bonchev–Trinajstić information content (AvgIpc) is 3.05. The van der Waals surface area contributed by atoms with Crippen molar-refractivity contribution >= 4 is 34.0 Å². The van der Waals surface area contributed by atoms with Crippen molar-refractivity contribution in [3.05, 3.63) is 63.1 Å². The van der Waals surface area contributed by atoms with Crippen molar-refractivity contribution in [2.24, 2.45) is 0 Å². The molecule has 1 aromatic carbocycles. The highest BCUT2D eigenvalue weighted by atomic mass is 35.5. The third-order valence-corrected chi connectivity index (χ3v) is 4.59. The Morgan fingerprint density at radius 1 is 1.33 bits per heavy atom. The minimum atomic E-state index is -0.350. The number of nitrogens with one attached hydrogen (secondary N) is 1. The fourth-order valence-electron chi connectivity index (χ4n) is 2.25. The molecule has 5 nitrogen and oxygen atoms in total. The summed E-state index contributed by atoms with van der Waals surface area (Å²) in [7, 11) is 0. The van der Waals surface area contributed by atoms with Gasteiger partial charge < -0.3 is 0 Å². The molecule has 24 heavy (non-hydrogen) atoms. The Hall–Kier alpha value is -2.25. The molecule has 0 radical (unpaired) electrons. The zero-order valence-corrected chi connectivity index (χ0v) is 14.6. The lowest BCUT2D eigenvalue weighted by Gasteiger charge is -2.04. The van der Waals surface area contributed by atoms with E-state index in [0.717, 1.165) is 10.4 Å². The third kappa shape index (κ3) is 3.47. The number of benzene rings is 1. The summed E-state index contributed by atoms with van der Waals surface area (Å²) in [5.74, 6) is -0.655. The number of hydrogen-bond donors (Lipinski definition) is 1. The molecule has 0 saturated carbocycles. The quantitative estimate of drug-likeness (QED) is 0.759. The first-order chi connectivity index (χ1) is 11.4. The van der Waals surface area contributed by atoms with Gasteiger partial charge in [0.2, 0.25) is 0 Å². The molecule has 0 saturated heterocycles. The monoisotopic (exact) mass is 364 g/mol. The van der Waals surface area contributed by atoms with Gasteiger partial charge in [-0.25, -0.2) is 14.1 Å². The van der Waals surface area contributed by atoms with Crippen LogP contribution in [0.15, 0.2) is 30.5 Å². The van der Waals surface area contributed by atoms with Gasteiger partial charge >= 0.3 is 0 Å². The minimum absolute atomic E-state index is 0.239. The van der Waals surface area contributed by atoms with E-state index in [1.54, 1.807) is 25.3 Å². The largest absolute Gasteiger partial charge is 0.298 e. The van der Waals surface area contributed by atoms with Crippen molar-refractivity contribution in [2.45, 2.75) is 20.4 Å². The number of thiazole rings is 1. The number of amides is 1. The van der Waals surface area contributed by atoms with Crippen LogP contribution in [0.5, 0.6) is 0 Å². The number of halogens is 2. The van der Waals surface area contributed by atoms with Crippen molar-refractivity contribution in [3.63, 3.8) is 0 Å². The predicted octanol–water partition coefficient (Wildman–Crippen LogP) is 4.05. The summed E-state index contributed by atoms with van der Waals surface area (Å²) in [6, 6.07) is 6.05. The Labute approximate surface area is 147 Å². The van der Waals surface area contributed by atoms with Crippen molar-refractivity contribution in [2.75, 3.05) is 5.32 Å². The van der Waals surface area contributed by atoms with E-state index in [1.807, 2.05) is 6.92 Å². The Balaban J connectivity index is 1.83. The molecular weight excluding hydrogens is 351 g/mol. The molecule has 2 heterocycles. The van der Waals surface area contributed by atoms with Crippen molar-refractivity contribution in [3.8, 4) is 0 Å². The SMILES string of the molecule is Cc1cnc(NC(=O)c2c(C)nn(Cc3ccc(F)cc3)c2Cl)s1. The number of nitrogens with zero attached hydrogens (tertiary/aromatic N) is 3. The number of hydrogen-bond acceptors (Lipinski definition) is 4. The summed E-state index contributed by atoms with van der Waals surface area (Å²) in [6.07, 6.45) is 1.69. The molecular formula is C16H14ClFN4OS. The number of carbonyl (C=O) groups excluding carboxylic acids is 1. The second-order valence-corrected chi connectivity index (χ2v) is 6.86. The molecule has 0 atom stereocenters.